The second-order valence-corrected chi connectivity index (χ2v) is 7.09. The number of aryl methyl sites for hydroxylation is 3. The third-order valence-corrected chi connectivity index (χ3v) is 5.28. The molecular formula is C20H28N4O2. The maximum Gasteiger partial charge on any atom is 0.242 e. The Morgan fingerprint density at radius 1 is 1.38 bits per heavy atom. The largest absolute Gasteiger partial charge is 0.479 e. The lowest BCUT2D eigenvalue weighted by atomic mass is 9.94. The minimum Gasteiger partial charge on any atom is -0.479 e. The Hall–Kier alpha value is -2.37. The maximum absolute atomic E-state index is 12.3. The van der Waals surface area contributed by atoms with Crippen molar-refractivity contribution in [2.45, 2.75) is 46.0 Å². The smallest absolute Gasteiger partial charge is 0.242 e. The number of rotatable bonds is 6. The zero-order valence-electron chi connectivity index (χ0n) is 16.1. The third kappa shape index (κ3) is 3.74. The normalized spacial score (nSPS) is 16.8. The van der Waals surface area contributed by atoms with Crippen LogP contribution in [0.5, 0.6) is 5.88 Å². The maximum atomic E-state index is 12.3. The van der Waals surface area contributed by atoms with Gasteiger partial charge in [0.1, 0.15) is 0 Å². The molecule has 26 heavy (non-hydrogen) atoms. The molecule has 1 aliphatic carbocycles. The number of amides is 1. The number of carbonyl (C=O) groups is 1. The van der Waals surface area contributed by atoms with Gasteiger partial charge >= 0.3 is 0 Å². The molecule has 0 saturated carbocycles. The van der Waals surface area contributed by atoms with E-state index in [1.807, 2.05) is 14.0 Å². The molecule has 0 saturated heterocycles. The summed E-state index contributed by atoms with van der Waals surface area (Å²) in [6, 6.07) is 0. The van der Waals surface area contributed by atoms with Crippen LogP contribution in [0.4, 0.5) is 0 Å². The molecule has 3 rings (SSSR count). The highest BCUT2D eigenvalue weighted by atomic mass is 16.5. The molecule has 0 aromatic carbocycles. The van der Waals surface area contributed by atoms with Crippen LogP contribution in [0.25, 0.3) is 11.0 Å². The van der Waals surface area contributed by atoms with Gasteiger partial charge in [-0.3, -0.25) is 4.79 Å². The van der Waals surface area contributed by atoms with E-state index in [4.69, 9.17) is 4.74 Å². The molecule has 2 aromatic heterocycles. The molecule has 1 unspecified atom stereocenters. The van der Waals surface area contributed by atoms with Crippen LogP contribution in [-0.4, -0.2) is 34.3 Å². The molecule has 6 heteroatoms. The van der Waals surface area contributed by atoms with Crippen molar-refractivity contribution in [3.8, 4) is 5.88 Å². The number of methoxy groups -OCH3 is 1. The van der Waals surface area contributed by atoms with Gasteiger partial charge in [0.25, 0.3) is 0 Å². The van der Waals surface area contributed by atoms with Crippen LogP contribution in [0.3, 0.4) is 0 Å². The number of aromatic nitrogens is 3. The Morgan fingerprint density at radius 3 is 2.88 bits per heavy atom. The fourth-order valence-corrected chi connectivity index (χ4v) is 3.73. The van der Waals surface area contributed by atoms with Gasteiger partial charge in [-0.2, -0.15) is 0 Å². The van der Waals surface area contributed by atoms with E-state index in [1.165, 1.54) is 0 Å². The van der Waals surface area contributed by atoms with E-state index in [1.54, 1.807) is 11.8 Å². The monoisotopic (exact) mass is 356 g/mol. The van der Waals surface area contributed by atoms with Gasteiger partial charge in [0.2, 0.25) is 11.8 Å². The van der Waals surface area contributed by atoms with Crippen molar-refractivity contribution in [2.24, 2.45) is 13.0 Å². The Morgan fingerprint density at radius 2 is 2.19 bits per heavy atom. The first kappa shape index (κ1) is 18.4. The van der Waals surface area contributed by atoms with Crippen LogP contribution in [-0.2, 0) is 18.3 Å². The summed E-state index contributed by atoms with van der Waals surface area (Å²) in [6.07, 6.45) is 8.94. The van der Waals surface area contributed by atoms with Crippen LogP contribution in [0.1, 0.15) is 42.5 Å². The van der Waals surface area contributed by atoms with Crippen LogP contribution < -0.4 is 10.1 Å². The number of ether oxygens (including phenoxy) is 1. The summed E-state index contributed by atoms with van der Waals surface area (Å²) in [6.45, 7) is 4.82. The molecule has 1 N–H and O–H groups in total. The molecule has 140 valence electrons. The number of hydrogen-bond donors (Lipinski definition) is 1. The summed E-state index contributed by atoms with van der Waals surface area (Å²) in [5.41, 5.74) is 3.98. The van der Waals surface area contributed by atoms with E-state index in [-0.39, 0.29) is 5.91 Å². The minimum absolute atomic E-state index is 0.108. The molecule has 1 aliphatic rings. The van der Waals surface area contributed by atoms with E-state index in [0.29, 0.717) is 24.6 Å². The number of nitrogens with one attached hydrogen (secondary N) is 1. The molecular weight excluding hydrogens is 328 g/mol. The van der Waals surface area contributed by atoms with Gasteiger partial charge in [0, 0.05) is 25.7 Å². The highest BCUT2D eigenvalue weighted by Gasteiger charge is 2.18. The van der Waals surface area contributed by atoms with Gasteiger partial charge < -0.3 is 10.1 Å². The number of carbonyl (C=O) groups excluding carboxylic acids is 1. The molecule has 2 heterocycles. The Kier molecular flexibility index (Phi) is 5.59. The lowest BCUT2D eigenvalue weighted by Crippen LogP contribution is -2.29. The van der Waals surface area contributed by atoms with Gasteiger partial charge in [-0.25, -0.2) is 9.67 Å². The summed E-state index contributed by atoms with van der Waals surface area (Å²) >= 11 is 0. The number of pyridine rings is 1. The third-order valence-electron chi connectivity index (χ3n) is 5.28. The van der Waals surface area contributed by atoms with Crippen molar-refractivity contribution in [1.82, 2.24) is 20.1 Å². The summed E-state index contributed by atoms with van der Waals surface area (Å²) in [5, 5.41) is 8.40. The number of allylic oxidation sites excluding steroid dienone is 2. The zero-order chi connectivity index (χ0) is 18.7. The van der Waals surface area contributed by atoms with Crippen LogP contribution in [0.2, 0.25) is 0 Å². The Balaban J connectivity index is 1.68. The molecule has 2 aromatic rings. The van der Waals surface area contributed by atoms with Gasteiger partial charge in [-0.15, -0.1) is 5.10 Å². The van der Waals surface area contributed by atoms with Crippen molar-refractivity contribution < 1.29 is 9.53 Å². The summed E-state index contributed by atoms with van der Waals surface area (Å²) < 4.78 is 7.14. The second-order valence-electron chi connectivity index (χ2n) is 7.09. The van der Waals surface area contributed by atoms with Crippen molar-refractivity contribution in [3.05, 3.63) is 29.0 Å². The average Bonchev–Trinajstić information content (AvgIpc) is 2.96. The molecule has 0 fully saturated rings. The van der Waals surface area contributed by atoms with E-state index in [9.17, 15) is 4.79 Å². The van der Waals surface area contributed by atoms with E-state index >= 15 is 0 Å². The fraction of sp³-hybridized carbons (Fsp3) is 0.550. The number of hydrogen-bond acceptors (Lipinski definition) is 4. The minimum atomic E-state index is 0.108. The standard InChI is InChI=1S/C20H28N4O2/c1-13-16(10-11-17(25)21-12-15-8-6-5-7-9-15)14(2)22-19-18(13)20(26-4)23-24(19)3/h5-6,15H,7-12H2,1-4H3,(H,21,25). The lowest BCUT2D eigenvalue weighted by Gasteiger charge is -2.18. The van der Waals surface area contributed by atoms with E-state index in [2.05, 4.69) is 34.5 Å². The highest BCUT2D eigenvalue weighted by molar-refractivity contribution is 5.86. The predicted octanol–water partition coefficient (Wildman–Crippen LogP) is 3.00. The van der Waals surface area contributed by atoms with Gasteiger partial charge in [0.05, 0.1) is 12.5 Å². The van der Waals surface area contributed by atoms with Crippen molar-refractivity contribution in [3.63, 3.8) is 0 Å². The zero-order valence-corrected chi connectivity index (χ0v) is 16.1. The molecule has 0 aliphatic heterocycles. The van der Waals surface area contributed by atoms with Crippen molar-refractivity contribution in [1.29, 1.82) is 0 Å². The number of fused-ring (bicyclic) bond motifs is 1. The first-order valence-corrected chi connectivity index (χ1v) is 9.29. The summed E-state index contributed by atoms with van der Waals surface area (Å²) in [5.74, 6) is 1.27. The SMILES string of the molecule is COc1nn(C)c2nc(C)c(CCC(=O)NCC3CC=CCC3)c(C)c12. The quantitative estimate of drug-likeness (QED) is 0.808. The topological polar surface area (TPSA) is 69.0 Å². The van der Waals surface area contributed by atoms with Gasteiger partial charge in [-0.1, -0.05) is 12.2 Å². The van der Waals surface area contributed by atoms with Crippen LogP contribution in [0.15, 0.2) is 12.2 Å². The second kappa shape index (κ2) is 7.89. The molecule has 0 bridgehead atoms. The van der Waals surface area contributed by atoms with E-state index < -0.39 is 0 Å². The predicted molar refractivity (Wildman–Crippen MR) is 102 cm³/mol. The molecule has 1 atom stereocenters. The Bertz CT molecular complexity index is 838. The lowest BCUT2D eigenvalue weighted by molar-refractivity contribution is -0.121. The Labute approximate surface area is 154 Å². The highest BCUT2D eigenvalue weighted by Crippen LogP contribution is 2.30. The molecule has 0 spiro atoms. The average molecular weight is 356 g/mol. The first-order chi connectivity index (χ1) is 12.5. The molecule has 6 nitrogen and oxygen atoms in total. The fourth-order valence-electron chi connectivity index (χ4n) is 3.73. The van der Waals surface area contributed by atoms with E-state index in [0.717, 1.165) is 53.7 Å². The van der Waals surface area contributed by atoms with Crippen LogP contribution >= 0.6 is 0 Å². The summed E-state index contributed by atoms with van der Waals surface area (Å²) in [4.78, 5) is 17.0. The van der Waals surface area contributed by atoms with Crippen LogP contribution in [0, 0.1) is 19.8 Å². The molecule has 0 radical (unpaired) electrons. The van der Waals surface area contributed by atoms with Gasteiger partial charge in [0.15, 0.2) is 5.65 Å². The van der Waals surface area contributed by atoms with Gasteiger partial charge in [-0.05, 0) is 56.6 Å². The number of nitrogens with zero attached hydrogens (tertiary/aromatic N) is 3. The van der Waals surface area contributed by atoms with Crippen molar-refractivity contribution >= 4 is 16.9 Å². The summed E-state index contributed by atoms with van der Waals surface area (Å²) in [7, 11) is 3.49. The first-order valence-electron chi connectivity index (χ1n) is 9.29. The van der Waals surface area contributed by atoms with Crippen molar-refractivity contribution in [2.75, 3.05) is 13.7 Å². The molecule has 1 amide bonds.